The Balaban J connectivity index is 2.00. The summed E-state index contributed by atoms with van der Waals surface area (Å²) in [4.78, 5) is 0. The Hall–Kier alpha value is -2.74. The molecule has 0 unspecified atom stereocenters. The van der Waals surface area contributed by atoms with Gasteiger partial charge in [0.1, 0.15) is 41.3 Å². The summed E-state index contributed by atoms with van der Waals surface area (Å²) < 4.78 is 22.4. The largest absolute Gasteiger partial charge is 0.496 e. The number of aliphatic hydroxyl groups is 3. The second-order valence-corrected chi connectivity index (χ2v) is 7.05. The molecule has 4 atom stereocenters. The summed E-state index contributed by atoms with van der Waals surface area (Å²) in [5, 5.41) is 30.6. The predicted molar refractivity (Wildman–Crippen MR) is 111 cm³/mol. The average molecular weight is 416 g/mol. The van der Waals surface area contributed by atoms with Gasteiger partial charge in [0.2, 0.25) is 0 Å². The summed E-state index contributed by atoms with van der Waals surface area (Å²) >= 11 is 0. The van der Waals surface area contributed by atoms with Crippen LogP contribution in [0, 0.1) is 0 Å². The minimum atomic E-state index is -1.42. The topological polar surface area (TPSA) is 97.6 Å². The Labute approximate surface area is 176 Å². The number of methoxy groups -OCH3 is 2. The van der Waals surface area contributed by atoms with E-state index in [2.05, 4.69) is 6.58 Å². The van der Waals surface area contributed by atoms with E-state index in [4.69, 9.17) is 18.9 Å². The predicted octanol–water partition coefficient (Wildman–Crippen LogP) is 2.36. The maximum Gasteiger partial charge on any atom is 0.155 e. The van der Waals surface area contributed by atoms with Crippen LogP contribution in [0.5, 0.6) is 17.2 Å². The molecule has 0 spiro atoms. The summed E-state index contributed by atoms with van der Waals surface area (Å²) in [6, 6.07) is 11.2. The molecule has 0 radical (unpaired) electrons. The van der Waals surface area contributed by atoms with Crippen molar-refractivity contribution in [3.8, 4) is 17.2 Å². The number of benzene rings is 2. The quantitative estimate of drug-likeness (QED) is 0.637. The van der Waals surface area contributed by atoms with Gasteiger partial charge in [0.05, 0.1) is 20.8 Å². The van der Waals surface area contributed by atoms with Gasteiger partial charge in [-0.25, -0.2) is 0 Å². The van der Waals surface area contributed by atoms with Crippen molar-refractivity contribution in [2.24, 2.45) is 0 Å². The first kappa shape index (κ1) is 22.0. The first-order chi connectivity index (χ1) is 14.4. The number of hydrogen-bond donors (Lipinski definition) is 3. The zero-order valence-corrected chi connectivity index (χ0v) is 17.4. The van der Waals surface area contributed by atoms with Crippen LogP contribution in [-0.4, -0.2) is 54.5 Å². The fourth-order valence-electron chi connectivity index (χ4n) is 3.63. The van der Waals surface area contributed by atoms with Crippen molar-refractivity contribution in [2.45, 2.75) is 37.8 Å². The monoisotopic (exact) mass is 416 g/mol. The van der Waals surface area contributed by atoms with Crippen LogP contribution >= 0.6 is 0 Å². The molecule has 0 aromatic heterocycles. The molecule has 1 saturated heterocycles. The highest BCUT2D eigenvalue weighted by Gasteiger charge is 2.42. The Morgan fingerprint density at radius 3 is 2.27 bits per heavy atom. The van der Waals surface area contributed by atoms with Crippen molar-refractivity contribution in [1.29, 1.82) is 0 Å². The van der Waals surface area contributed by atoms with Gasteiger partial charge >= 0.3 is 0 Å². The molecule has 0 saturated carbocycles. The minimum absolute atomic E-state index is 0.0104. The highest BCUT2D eigenvalue weighted by molar-refractivity contribution is 5.53. The molecular weight excluding hydrogens is 388 g/mol. The SMILES string of the molecule is C=C1O[C@@H](c2ccc(OC)c(Cc3ccc(OCC)cc3)c2OC)[C@H](O)[C@@H](O)[C@@H]1O. The van der Waals surface area contributed by atoms with E-state index >= 15 is 0 Å². The molecule has 162 valence electrons. The minimum Gasteiger partial charge on any atom is -0.496 e. The third kappa shape index (κ3) is 4.23. The molecule has 1 heterocycles. The van der Waals surface area contributed by atoms with E-state index in [1.165, 1.54) is 7.11 Å². The lowest BCUT2D eigenvalue weighted by atomic mass is 9.90. The summed E-state index contributed by atoms with van der Waals surface area (Å²) in [6.45, 7) is 6.17. The zero-order valence-electron chi connectivity index (χ0n) is 17.4. The van der Waals surface area contributed by atoms with Gasteiger partial charge in [-0.3, -0.25) is 0 Å². The lowest BCUT2D eigenvalue weighted by Crippen LogP contribution is -2.47. The van der Waals surface area contributed by atoms with Crippen molar-refractivity contribution in [3.05, 3.63) is 65.4 Å². The molecule has 30 heavy (non-hydrogen) atoms. The number of aliphatic hydroxyl groups excluding tert-OH is 3. The number of hydrogen-bond acceptors (Lipinski definition) is 7. The maximum atomic E-state index is 10.5. The van der Waals surface area contributed by atoms with E-state index in [0.717, 1.165) is 16.9 Å². The van der Waals surface area contributed by atoms with E-state index in [-0.39, 0.29) is 5.76 Å². The van der Waals surface area contributed by atoms with Crippen LogP contribution in [0.3, 0.4) is 0 Å². The summed E-state index contributed by atoms with van der Waals surface area (Å²) in [7, 11) is 3.10. The second kappa shape index (κ2) is 9.38. The van der Waals surface area contributed by atoms with Gasteiger partial charge in [0.25, 0.3) is 0 Å². The Bertz CT molecular complexity index is 878. The average Bonchev–Trinajstić information content (AvgIpc) is 2.76. The molecule has 1 fully saturated rings. The van der Waals surface area contributed by atoms with Gasteiger partial charge in [0, 0.05) is 17.5 Å². The normalized spacial score (nSPS) is 23.6. The van der Waals surface area contributed by atoms with E-state index in [0.29, 0.717) is 30.1 Å². The van der Waals surface area contributed by atoms with Crippen molar-refractivity contribution in [1.82, 2.24) is 0 Å². The van der Waals surface area contributed by atoms with Crippen molar-refractivity contribution >= 4 is 0 Å². The summed E-state index contributed by atoms with van der Waals surface area (Å²) in [5.41, 5.74) is 2.31. The van der Waals surface area contributed by atoms with Crippen LogP contribution in [0.1, 0.15) is 29.7 Å². The molecule has 3 N–H and O–H groups in total. The van der Waals surface area contributed by atoms with E-state index in [1.807, 2.05) is 31.2 Å². The molecule has 2 aromatic rings. The third-order valence-corrected chi connectivity index (χ3v) is 5.19. The van der Waals surface area contributed by atoms with Crippen LogP contribution in [0.15, 0.2) is 48.7 Å². The lowest BCUT2D eigenvalue weighted by Gasteiger charge is -2.37. The first-order valence-electron chi connectivity index (χ1n) is 9.76. The molecular formula is C23H28O7. The standard InChI is InChI=1S/C23H28O7/c1-5-29-15-8-6-14(7-9-15)12-17-18(27-3)11-10-16(22(17)28-4)23-21(26)20(25)19(24)13(2)30-23/h6-11,19-21,23-26H,2,5,12H2,1,3-4H3/t19-,20+,21-,23+/m1/s1. The van der Waals surface area contributed by atoms with E-state index in [1.54, 1.807) is 19.2 Å². The van der Waals surface area contributed by atoms with Gasteiger partial charge in [-0.05, 0) is 36.8 Å². The van der Waals surface area contributed by atoms with E-state index in [9.17, 15) is 15.3 Å². The Morgan fingerprint density at radius 2 is 1.67 bits per heavy atom. The van der Waals surface area contributed by atoms with Crippen molar-refractivity contribution in [2.75, 3.05) is 20.8 Å². The highest BCUT2D eigenvalue weighted by atomic mass is 16.5. The Morgan fingerprint density at radius 1 is 0.967 bits per heavy atom. The molecule has 0 aliphatic carbocycles. The molecule has 3 rings (SSSR count). The molecule has 7 heteroatoms. The Kier molecular flexibility index (Phi) is 6.87. The smallest absolute Gasteiger partial charge is 0.155 e. The van der Waals surface area contributed by atoms with E-state index < -0.39 is 24.4 Å². The molecule has 0 bridgehead atoms. The van der Waals surface area contributed by atoms with Gasteiger partial charge in [-0.15, -0.1) is 0 Å². The molecule has 7 nitrogen and oxygen atoms in total. The van der Waals surface area contributed by atoms with Crippen LogP contribution in [0.25, 0.3) is 0 Å². The van der Waals surface area contributed by atoms with Crippen LogP contribution in [0.4, 0.5) is 0 Å². The fraction of sp³-hybridized carbons (Fsp3) is 0.391. The number of ether oxygens (including phenoxy) is 4. The van der Waals surface area contributed by atoms with Crippen molar-refractivity contribution < 1.29 is 34.3 Å². The number of rotatable bonds is 7. The molecule has 1 aliphatic heterocycles. The summed E-state index contributed by atoms with van der Waals surface area (Å²) in [5.74, 6) is 1.88. The maximum absolute atomic E-state index is 10.5. The summed E-state index contributed by atoms with van der Waals surface area (Å²) in [6.07, 6.45) is -4.58. The van der Waals surface area contributed by atoms with Gasteiger partial charge in [-0.2, -0.15) is 0 Å². The van der Waals surface area contributed by atoms with Gasteiger partial charge in [0.15, 0.2) is 6.10 Å². The lowest BCUT2D eigenvalue weighted by molar-refractivity contribution is -0.157. The molecule has 2 aromatic carbocycles. The molecule has 0 amide bonds. The third-order valence-electron chi connectivity index (χ3n) is 5.19. The van der Waals surface area contributed by atoms with Crippen LogP contribution in [0.2, 0.25) is 0 Å². The van der Waals surface area contributed by atoms with Crippen LogP contribution < -0.4 is 14.2 Å². The van der Waals surface area contributed by atoms with Crippen molar-refractivity contribution in [3.63, 3.8) is 0 Å². The first-order valence-corrected chi connectivity index (χ1v) is 9.76. The van der Waals surface area contributed by atoms with Gasteiger partial charge in [-0.1, -0.05) is 18.7 Å². The van der Waals surface area contributed by atoms with Gasteiger partial charge < -0.3 is 34.3 Å². The highest BCUT2D eigenvalue weighted by Crippen LogP contribution is 2.42. The van der Waals surface area contributed by atoms with Crippen LogP contribution in [-0.2, 0) is 11.2 Å². The fourth-order valence-corrected chi connectivity index (χ4v) is 3.63. The molecule has 1 aliphatic rings. The zero-order chi connectivity index (χ0) is 21.8. The second-order valence-electron chi connectivity index (χ2n) is 7.05.